The first-order chi connectivity index (χ1) is 12.2. The van der Waals surface area contributed by atoms with Crippen LogP contribution in [-0.4, -0.2) is 27.1 Å². The van der Waals surface area contributed by atoms with E-state index in [1.54, 1.807) is 27.4 Å². The third kappa shape index (κ3) is 4.18. The Kier molecular flexibility index (Phi) is 5.96. The number of ketones is 1. The van der Waals surface area contributed by atoms with Gasteiger partial charge in [-0.2, -0.15) is 0 Å². The first kappa shape index (κ1) is 19.8. The summed E-state index contributed by atoms with van der Waals surface area (Å²) in [7, 11) is 4.86. The van der Waals surface area contributed by atoms with E-state index in [9.17, 15) is 4.79 Å². The molecule has 0 aliphatic carbocycles. The number of hydrogen-bond donors (Lipinski definition) is 0. The first-order valence-corrected chi connectivity index (χ1v) is 8.64. The van der Waals surface area contributed by atoms with Gasteiger partial charge in [0.05, 0.1) is 21.3 Å². The summed E-state index contributed by atoms with van der Waals surface area (Å²) in [5.74, 6) is 2.23. The number of carbonyl (C=O) groups is 1. The Hall–Kier alpha value is -2.49. The van der Waals surface area contributed by atoms with E-state index in [1.165, 1.54) is 0 Å². The van der Waals surface area contributed by atoms with Crippen molar-refractivity contribution in [1.82, 2.24) is 0 Å². The van der Waals surface area contributed by atoms with E-state index in [4.69, 9.17) is 14.2 Å². The van der Waals surface area contributed by atoms with Crippen LogP contribution in [-0.2, 0) is 11.8 Å². The molecule has 0 aromatic heterocycles. The smallest absolute Gasteiger partial charge is 0.167 e. The highest BCUT2D eigenvalue weighted by Crippen LogP contribution is 2.36. The summed E-state index contributed by atoms with van der Waals surface area (Å²) in [6.45, 7) is 8.36. The number of benzene rings is 2. The van der Waals surface area contributed by atoms with Gasteiger partial charge in [-0.15, -0.1) is 0 Å². The van der Waals surface area contributed by atoms with Crippen LogP contribution in [0.3, 0.4) is 0 Å². The van der Waals surface area contributed by atoms with Gasteiger partial charge in [0, 0.05) is 23.6 Å². The van der Waals surface area contributed by atoms with Gasteiger partial charge >= 0.3 is 0 Å². The van der Waals surface area contributed by atoms with Crippen molar-refractivity contribution in [2.75, 3.05) is 21.3 Å². The molecule has 0 spiro atoms. The molecule has 0 saturated carbocycles. The second kappa shape index (κ2) is 7.81. The highest BCUT2D eigenvalue weighted by molar-refractivity contribution is 5.99. The van der Waals surface area contributed by atoms with E-state index in [0.717, 1.165) is 28.0 Å². The zero-order valence-corrected chi connectivity index (χ0v) is 16.7. The molecule has 0 N–H and O–H groups in total. The second-order valence-corrected chi connectivity index (χ2v) is 7.39. The Bertz CT molecular complexity index is 778. The van der Waals surface area contributed by atoms with Crippen LogP contribution in [0.2, 0.25) is 0 Å². The van der Waals surface area contributed by atoms with Gasteiger partial charge < -0.3 is 14.2 Å². The number of Topliss-reactive ketones (excluding diaryl/α,β-unsaturated/α-hetero) is 1. The topological polar surface area (TPSA) is 44.8 Å². The minimum absolute atomic E-state index is 0.0611. The highest BCUT2D eigenvalue weighted by atomic mass is 16.5. The van der Waals surface area contributed by atoms with Crippen molar-refractivity contribution in [1.29, 1.82) is 0 Å². The standard InChI is InChI=1S/C22H28O4/c1-14-18(8-9-20(26-7)21(14)22(2,3)4)19(23)12-15-10-16(24-5)13-17(11-15)25-6/h8-11,13H,12H2,1-7H3. The Morgan fingerprint density at radius 3 is 1.96 bits per heavy atom. The summed E-state index contributed by atoms with van der Waals surface area (Å²) >= 11 is 0. The fraction of sp³-hybridized carbons (Fsp3) is 0.409. The summed E-state index contributed by atoms with van der Waals surface area (Å²) in [5.41, 5.74) is 3.49. The van der Waals surface area contributed by atoms with Gasteiger partial charge in [0.2, 0.25) is 0 Å². The molecule has 0 unspecified atom stereocenters. The monoisotopic (exact) mass is 356 g/mol. The van der Waals surface area contributed by atoms with Crippen molar-refractivity contribution >= 4 is 5.78 Å². The zero-order valence-electron chi connectivity index (χ0n) is 16.7. The van der Waals surface area contributed by atoms with E-state index >= 15 is 0 Å². The van der Waals surface area contributed by atoms with Crippen LogP contribution in [0.4, 0.5) is 0 Å². The molecule has 0 aliphatic heterocycles. The van der Waals surface area contributed by atoms with Gasteiger partial charge in [-0.1, -0.05) is 20.8 Å². The maximum absolute atomic E-state index is 13.0. The van der Waals surface area contributed by atoms with E-state index in [-0.39, 0.29) is 17.6 Å². The summed E-state index contributed by atoms with van der Waals surface area (Å²) in [4.78, 5) is 13.0. The molecule has 0 heterocycles. The second-order valence-electron chi connectivity index (χ2n) is 7.39. The van der Waals surface area contributed by atoms with Crippen LogP contribution in [0.15, 0.2) is 30.3 Å². The van der Waals surface area contributed by atoms with Crippen molar-refractivity contribution in [3.63, 3.8) is 0 Å². The van der Waals surface area contributed by atoms with E-state index in [1.807, 2.05) is 31.2 Å². The summed E-state index contributed by atoms with van der Waals surface area (Å²) in [6.07, 6.45) is 0.282. The molecule has 0 aliphatic rings. The average molecular weight is 356 g/mol. The molecule has 0 fully saturated rings. The summed E-state index contributed by atoms with van der Waals surface area (Å²) < 4.78 is 16.1. The van der Waals surface area contributed by atoms with Crippen LogP contribution < -0.4 is 14.2 Å². The minimum atomic E-state index is -0.120. The molecular weight excluding hydrogens is 328 g/mol. The predicted molar refractivity (Wildman–Crippen MR) is 104 cm³/mol. The SMILES string of the molecule is COc1cc(CC(=O)c2ccc(OC)c(C(C)(C)C)c2C)cc(OC)c1. The van der Waals surface area contributed by atoms with Crippen molar-refractivity contribution in [3.8, 4) is 17.2 Å². The lowest BCUT2D eigenvalue weighted by molar-refractivity contribution is 0.0992. The van der Waals surface area contributed by atoms with E-state index in [2.05, 4.69) is 20.8 Å². The van der Waals surface area contributed by atoms with Gasteiger partial charge in [0.1, 0.15) is 17.2 Å². The van der Waals surface area contributed by atoms with Gasteiger partial charge in [-0.05, 0) is 47.7 Å². The molecule has 0 radical (unpaired) electrons. The summed E-state index contributed by atoms with van der Waals surface area (Å²) in [6, 6.07) is 9.26. The van der Waals surface area contributed by atoms with E-state index in [0.29, 0.717) is 11.5 Å². The Morgan fingerprint density at radius 2 is 1.50 bits per heavy atom. The Balaban J connectivity index is 2.42. The van der Waals surface area contributed by atoms with Crippen molar-refractivity contribution in [2.24, 2.45) is 0 Å². The van der Waals surface area contributed by atoms with Crippen LogP contribution >= 0.6 is 0 Å². The Labute approximate surface area is 156 Å². The maximum Gasteiger partial charge on any atom is 0.167 e. The average Bonchev–Trinajstić information content (AvgIpc) is 2.59. The number of ether oxygens (including phenoxy) is 3. The number of carbonyl (C=O) groups excluding carboxylic acids is 1. The molecule has 4 nitrogen and oxygen atoms in total. The van der Waals surface area contributed by atoms with Crippen LogP contribution in [0.1, 0.15) is 47.8 Å². The van der Waals surface area contributed by atoms with Crippen molar-refractivity contribution in [3.05, 3.63) is 52.6 Å². The minimum Gasteiger partial charge on any atom is -0.497 e. The Morgan fingerprint density at radius 1 is 0.923 bits per heavy atom. The van der Waals surface area contributed by atoms with Gasteiger partial charge in [-0.25, -0.2) is 0 Å². The lowest BCUT2D eigenvalue weighted by Gasteiger charge is -2.26. The normalized spacial score (nSPS) is 11.2. The maximum atomic E-state index is 13.0. The molecule has 0 bridgehead atoms. The largest absolute Gasteiger partial charge is 0.497 e. The molecule has 2 aromatic rings. The number of hydrogen-bond acceptors (Lipinski definition) is 4. The molecule has 26 heavy (non-hydrogen) atoms. The molecule has 0 amide bonds. The number of methoxy groups -OCH3 is 3. The highest BCUT2D eigenvalue weighted by Gasteiger charge is 2.25. The van der Waals surface area contributed by atoms with E-state index < -0.39 is 0 Å². The van der Waals surface area contributed by atoms with Crippen LogP contribution in [0.25, 0.3) is 0 Å². The quantitative estimate of drug-likeness (QED) is 0.701. The fourth-order valence-electron chi connectivity index (χ4n) is 3.34. The molecular formula is C22H28O4. The summed E-state index contributed by atoms with van der Waals surface area (Å²) in [5, 5.41) is 0. The van der Waals surface area contributed by atoms with Gasteiger partial charge in [0.15, 0.2) is 5.78 Å². The van der Waals surface area contributed by atoms with Gasteiger partial charge in [0.25, 0.3) is 0 Å². The predicted octanol–water partition coefficient (Wildman–Crippen LogP) is 4.74. The third-order valence-electron chi connectivity index (χ3n) is 4.47. The molecule has 0 atom stereocenters. The van der Waals surface area contributed by atoms with Crippen molar-refractivity contribution < 1.29 is 19.0 Å². The molecule has 2 rings (SSSR count). The molecule has 2 aromatic carbocycles. The van der Waals surface area contributed by atoms with Crippen molar-refractivity contribution in [2.45, 2.75) is 39.5 Å². The molecule has 140 valence electrons. The molecule has 4 heteroatoms. The zero-order chi connectivity index (χ0) is 19.5. The lowest BCUT2D eigenvalue weighted by Crippen LogP contribution is -2.18. The first-order valence-electron chi connectivity index (χ1n) is 8.64. The lowest BCUT2D eigenvalue weighted by atomic mass is 9.81. The third-order valence-corrected chi connectivity index (χ3v) is 4.47. The number of rotatable bonds is 6. The molecule has 0 saturated heterocycles. The van der Waals surface area contributed by atoms with Gasteiger partial charge in [-0.3, -0.25) is 4.79 Å². The van der Waals surface area contributed by atoms with Crippen LogP contribution in [0.5, 0.6) is 17.2 Å². The fourth-order valence-corrected chi connectivity index (χ4v) is 3.34. The van der Waals surface area contributed by atoms with Crippen LogP contribution in [0, 0.1) is 6.92 Å².